The number of nitrogens with zero attached hydrogens (tertiary/aromatic N) is 1. The van der Waals surface area contributed by atoms with Gasteiger partial charge in [-0.2, -0.15) is 4.57 Å². The minimum atomic E-state index is -0.570. The van der Waals surface area contributed by atoms with E-state index in [0.717, 1.165) is 88.8 Å². The number of aromatic nitrogens is 1. The molecule has 9 N–H and O–H groups in total. The largest absolute Gasteiger partial charge is 0.368 e. The number of amides is 4. The van der Waals surface area contributed by atoms with Gasteiger partial charge < -0.3 is 27.8 Å². The van der Waals surface area contributed by atoms with E-state index in [2.05, 4.69) is 90.2 Å². The van der Waals surface area contributed by atoms with Crippen molar-refractivity contribution in [2.75, 3.05) is 6.54 Å². The Morgan fingerprint density at radius 3 is 1.30 bits per heavy atom. The molecule has 11 heteroatoms. The standard InChI is InChI=1S/C21H35N3O2.C13H21O.C8H17N3O2.2H2/c1-7-17-14(4)19(8-2)24(20(9-3)15(17)5)13-11-10-12-18(21(22)26)23-16(6)25;1-6-11-9(4)12(7-2)14-13(8-3)10(11)5;1-6(12)11-7(8(10)13)4-2-3-5-9;;/h18H,7-13H2,1-6H3,(H2-,22,23,25,26);6-8H2,1-5H3;7H,2-5,9H2,1H3,(H2,10,13)(H,11,12);2*1H/q;+1;;;/p+2. The number of hydrogen-bond donors (Lipinski definition) is 5. The topological polar surface area (TPSA) is 187 Å². The summed E-state index contributed by atoms with van der Waals surface area (Å²) in [5.74, 6) is 0.938. The van der Waals surface area contributed by atoms with Crippen molar-refractivity contribution in [2.24, 2.45) is 11.5 Å². The van der Waals surface area contributed by atoms with Gasteiger partial charge >= 0.3 is 11.5 Å². The monoisotopic (exact) mass is 748 g/mol. The highest BCUT2D eigenvalue weighted by Crippen LogP contribution is 2.24. The lowest BCUT2D eigenvalue weighted by atomic mass is 9.95. The van der Waals surface area contributed by atoms with Gasteiger partial charge in [0.2, 0.25) is 23.6 Å². The summed E-state index contributed by atoms with van der Waals surface area (Å²) in [6.07, 6.45) is 11.0. The van der Waals surface area contributed by atoms with Crippen molar-refractivity contribution in [3.63, 3.8) is 0 Å². The molecule has 4 amide bonds. The number of aryl methyl sites for hydroxylation is 2. The molecule has 2 atom stereocenters. The molecule has 2 rings (SSSR count). The van der Waals surface area contributed by atoms with Crippen LogP contribution in [-0.2, 0) is 64.2 Å². The van der Waals surface area contributed by atoms with Gasteiger partial charge in [-0.05, 0) is 83.8 Å². The Labute approximate surface area is 323 Å². The average Bonchev–Trinajstić information content (AvgIpc) is 3.10. The Kier molecular flexibility index (Phi) is 24.1. The Hall–Kier alpha value is -3.86. The van der Waals surface area contributed by atoms with Gasteiger partial charge in [-0.1, -0.05) is 41.5 Å². The van der Waals surface area contributed by atoms with Gasteiger partial charge in [-0.3, -0.25) is 19.2 Å². The first-order valence-electron chi connectivity index (χ1n) is 19.9. The first-order valence-corrected chi connectivity index (χ1v) is 19.9. The molecule has 11 nitrogen and oxygen atoms in total. The molecule has 2 unspecified atom stereocenters. The minimum Gasteiger partial charge on any atom is -0.368 e. The summed E-state index contributed by atoms with van der Waals surface area (Å²) in [5, 5.41) is 5.14. The Morgan fingerprint density at radius 1 is 0.623 bits per heavy atom. The number of nitrogens with one attached hydrogen (secondary N) is 2. The van der Waals surface area contributed by atoms with E-state index in [1.165, 1.54) is 58.6 Å². The van der Waals surface area contributed by atoms with Gasteiger partial charge in [0, 0.05) is 47.1 Å². The summed E-state index contributed by atoms with van der Waals surface area (Å²) in [5.41, 5.74) is 25.5. The summed E-state index contributed by atoms with van der Waals surface area (Å²) in [7, 11) is 0. The fraction of sp³-hybridized carbons (Fsp3) is 0.667. The van der Waals surface area contributed by atoms with Crippen molar-refractivity contribution in [2.45, 2.75) is 179 Å². The Balaban J connectivity index is -0.000000792. The van der Waals surface area contributed by atoms with Crippen LogP contribution >= 0.6 is 0 Å². The molecule has 2 aromatic heterocycles. The molecule has 0 radical (unpaired) electrons. The second kappa shape index (κ2) is 26.0. The van der Waals surface area contributed by atoms with Gasteiger partial charge in [-0.25, -0.2) is 4.42 Å². The second-order valence-electron chi connectivity index (χ2n) is 13.7. The van der Waals surface area contributed by atoms with Crippen molar-refractivity contribution >= 4 is 23.6 Å². The molecular formula is C42H79N6O5+3. The maximum Gasteiger partial charge on any atom is 0.332 e. The van der Waals surface area contributed by atoms with Gasteiger partial charge in [0.1, 0.15) is 18.6 Å². The summed E-state index contributed by atoms with van der Waals surface area (Å²) >= 11 is 0. The van der Waals surface area contributed by atoms with Crippen LogP contribution in [0.15, 0.2) is 4.42 Å². The van der Waals surface area contributed by atoms with Crippen molar-refractivity contribution < 1.29 is 36.7 Å². The Bertz CT molecular complexity index is 1440. The number of hydrogen-bond acceptors (Lipinski definition) is 4. The van der Waals surface area contributed by atoms with Crippen LogP contribution in [0.5, 0.6) is 0 Å². The molecule has 0 aromatic carbocycles. The predicted octanol–water partition coefficient (Wildman–Crippen LogP) is 5.18. The maximum absolute atomic E-state index is 11.5. The molecule has 53 heavy (non-hydrogen) atoms. The molecule has 0 saturated heterocycles. The van der Waals surface area contributed by atoms with E-state index in [4.69, 9.17) is 15.9 Å². The van der Waals surface area contributed by atoms with Crippen LogP contribution in [0.2, 0.25) is 0 Å². The first-order chi connectivity index (χ1) is 25.0. The molecule has 0 aliphatic rings. The quantitative estimate of drug-likeness (QED) is 0.0751. The third-order valence-corrected chi connectivity index (χ3v) is 9.99. The van der Waals surface area contributed by atoms with Crippen molar-refractivity contribution in [1.82, 2.24) is 10.6 Å². The lowest BCUT2D eigenvalue weighted by Crippen LogP contribution is -2.50. The molecule has 2 heterocycles. The van der Waals surface area contributed by atoms with Gasteiger partial charge in [0.25, 0.3) is 0 Å². The maximum atomic E-state index is 11.5. The number of unbranched alkanes of at least 4 members (excludes halogenated alkanes) is 2. The van der Waals surface area contributed by atoms with E-state index in [0.29, 0.717) is 12.8 Å². The minimum absolute atomic E-state index is 0. The zero-order valence-corrected chi connectivity index (χ0v) is 35.4. The molecule has 2 aromatic rings. The van der Waals surface area contributed by atoms with Crippen LogP contribution in [0.4, 0.5) is 0 Å². The SMILES string of the molecule is CC(=O)NC(CCCC[NH3+])C(N)=O.CCc1[o+]c(CC)c(C)c(CC)c1C.CCc1c(C)c(CC)[n+](CCCCC(NC(C)=O)C(N)=O)c(CC)c1C.[HH].[HH]. The summed E-state index contributed by atoms with van der Waals surface area (Å²) in [4.78, 5) is 44.1. The van der Waals surface area contributed by atoms with E-state index in [9.17, 15) is 19.2 Å². The Morgan fingerprint density at radius 2 is 1.00 bits per heavy atom. The number of carbonyl (C=O) groups excluding carboxylic acids is 4. The van der Waals surface area contributed by atoms with E-state index >= 15 is 0 Å². The van der Waals surface area contributed by atoms with Crippen LogP contribution < -0.4 is 32.4 Å². The van der Waals surface area contributed by atoms with Crippen LogP contribution in [0.25, 0.3) is 0 Å². The fourth-order valence-corrected chi connectivity index (χ4v) is 7.24. The van der Waals surface area contributed by atoms with Gasteiger partial charge in [-0.15, -0.1) is 0 Å². The highest BCUT2D eigenvalue weighted by molar-refractivity contribution is 5.86. The number of carbonyl (C=O) groups is 4. The molecular weight excluding hydrogens is 668 g/mol. The van der Waals surface area contributed by atoms with Crippen LogP contribution in [0.1, 0.15) is 153 Å². The van der Waals surface area contributed by atoms with E-state index in [1.807, 2.05) is 0 Å². The van der Waals surface area contributed by atoms with Crippen molar-refractivity contribution in [3.8, 4) is 0 Å². The molecule has 0 aliphatic heterocycles. The number of nitrogens with two attached hydrogens (primary N) is 2. The van der Waals surface area contributed by atoms with Crippen molar-refractivity contribution in [1.29, 1.82) is 0 Å². The number of rotatable bonds is 19. The van der Waals surface area contributed by atoms with Crippen LogP contribution in [-0.4, -0.2) is 42.3 Å². The summed E-state index contributed by atoms with van der Waals surface area (Å²) in [6, 6.07) is -1.09. The van der Waals surface area contributed by atoms with Crippen molar-refractivity contribution in [3.05, 3.63) is 56.3 Å². The zero-order valence-electron chi connectivity index (χ0n) is 35.4. The fourth-order valence-electron chi connectivity index (χ4n) is 7.24. The third kappa shape index (κ3) is 16.0. The molecule has 0 fully saturated rings. The van der Waals surface area contributed by atoms with Crippen LogP contribution in [0, 0.1) is 27.7 Å². The van der Waals surface area contributed by atoms with E-state index < -0.39 is 23.9 Å². The van der Waals surface area contributed by atoms with Gasteiger partial charge in [0.15, 0.2) is 11.4 Å². The number of primary amides is 2. The molecule has 0 spiro atoms. The molecule has 0 bridgehead atoms. The lowest BCUT2D eigenvalue weighted by molar-refractivity contribution is -0.712. The highest BCUT2D eigenvalue weighted by atomic mass is 16.3. The lowest BCUT2D eigenvalue weighted by Gasteiger charge is -2.17. The van der Waals surface area contributed by atoms with E-state index in [1.54, 1.807) is 0 Å². The van der Waals surface area contributed by atoms with Crippen LogP contribution in [0.3, 0.4) is 0 Å². The summed E-state index contributed by atoms with van der Waals surface area (Å²) in [6.45, 7) is 26.6. The molecule has 304 valence electrons. The second-order valence-corrected chi connectivity index (χ2v) is 13.7. The summed E-state index contributed by atoms with van der Waals surface area (Å²) < 4.78 is 8.35. The number of pyridine rings is 1. The third-order valence-electron chi connectivity index (χ3n) is 9.99. The predicted molar refractivity (Wildman–Crippen MR) is 218 cm³/mol. The first kappa shape index (κ1) is 49.1. The highest BCUT2D eigenvalue weighted by Gasteiger charge is 2.25. The zero-order chi connectivity index (χ0) is 40.8. The number of quaternary nitrogens is 1. The smallest absolute Gasteiger partial charge is 0.332 e. The average molecular weight is 748 g/mol. The molecule has 0 saturated carbocycles. The normalized spacial score (nSPS) is 11.7. The molecule has 0 aliphatic carbocycles. The van der Waals surface area contributed by atoms with E-state index in [-0.39, 0.29) is 14.7 Å². The van der Waals surface area contributed by atoms with Gasteiger partial charge in [0.05, 0.1) is 30.5 Å².